The molecule has 0 fully saturated rings. The van der Waals surface area contributed by atoms with Crippen molar-refractivity contribution in [2.75, 3.05) is 6.61 Å². The number of amides is 1. The molecule has 3 N–H and O–H groups in total. The number of nitrogens with two attached hydrogens (primary N) is 1. The number of aromatic nitrogens is 2. The summed E-state index contributed by atoms with van der Waals surface area (Å²) < 4.78 is 5.54. The second-order valence-corrected chi connectivity index (χ2v) is 5.31. The average molecular weight is 307 g/mol. The molecule has 3 aromatic rings. The van der Waals surface area contributed by atoms with Gasteiger partial charge in [0, 0.05) is 17.3 Å². The number of hydrogen-bond donors (Lipinski definition) is 2. The van der Waals surface area contributed by atoms with Gasteiger partial charge in [-0.3, -0.25) is 9.89 Å². The van der Waals surface area contributed by atoms with Crippen molar-refractivity contribution in [3.8, 4) is 28.1 Å². The van der Waals surface area contributed by atoms with Crippen molar-refractivity contribution in [2.45, 2.75) is 6.92 Å². The highest BCUT2D eigenvalue weighted by Crippen LogP contribution is 2.33. The highest BCUT2D eigenvalue weighted by Gasteiger charge is 2.10. The van der Waals surface area contributed by atoms with Gasteiger partial charge in [0.2, 0.25) is 0 Å². The molecule has 0 radical (unpaired) electrons. The predicted octanol–water partition coefficient (Wildman–Crippen LogP) is 2.92. The summed E-state index contributed by atoms with van der Waals surface area (Å²) in [5, 5.41) is 6.94. The van der Waals surface area contributed by atoms with Crippen LogP contribution < -0.4 is 10.5 Å². The third-order valence-electron chi connectivity index (χ3n) is 3.49. The van der Waals surface area contributed by atoms with Gasteiger partial charge < -0.3 is 10.5 Å². The van der Waals surface area contributed by atoms with E-state index in [1.54, 1.807) is 6.20 Å². The van der Waals surface area contributed by atoms with Crippen LogP contribution in [0, 0.1) is 6.92 Å². The second-order valence-electron chi connectivity index (χ2n) is 5.31. The molecule has 2 aromatic carbocycles. The number of hydrogen-bond acceptors (Lipinski definition) is 3. The number of carbonyl (C=O) groups excluding carboxylic acids is 1. The Hall–Kier alpha value is -3.08. The molecule has 23 heavy (non-hydrogen) atoms. The quantitative estimate of drug-likeness (QED) is 0.760. The van der Waals surface area contributed by atoms with Crippen LogP contribution in [0.2, 0.25) is 0 Å². The molecule has 0 atom stereocenters. The number of aryl methyl sites for hydroxylation is 1. The molecule has 1 heterocycles. The number of nitrogens with one attached hydrogen (secondary N) is 1. The SMILES string of the molecule is Cc1ccc(OCC(N)=O)c(-c2cccc(-c3ccn[nH]3)c2)c1. The van der Waals surface area contributed by atoms with Gasteiger partial charge in [-0.1, -0.05) is 29.8 Å². The van der Waals surface area contributed by atoms with E-state index < -0.39 is 5.91 Å². The maximum absolute atomic E-state index is 11.0. The van der Waals surface area contributed by atoms with Crippen molar-refractivity contribution in [3.63, 3.8) is 0 Å². The lowest BCUT2D eigenvalue weighted by Crippen LogP contribution is -2.20. The van der Waals surface area contributed by atoms with Crippen LogP contribution in [0.15, 0.2) is 54.7 Å². The zero-order valence-corrected chi connectivity index (χ0v) is 12.7. The minimum atomic E-state index is -0.497. The number of benzene rings is 2. The van der Waals surface area contributed by atoms with Gasteiger partial charge in [-0.05, 0) is 36.8 Å². The van der Waals surface area contributed by atoms with Gasteiger partial charge in [-0.2, -0.15) is 5.10 Å². The average Bonchev–Trinajstić information content (AvgIpc) is 3.08. The Labute approximate surface area is 134 Å². The van der Waals surface area contributed by atoms with Crippen molar-refractivity contribution in [3.05, 3.63) is 60.3 Å². The molecule has 0 saturated heterocycles. The third-order valence-corrected chi connectivity index (χ3v) is 3.49. The van der Waals surface area contributed by atoms with Gasteiger partial charge in [0.1, 0.15) is 5.75 Å². The summed E-state index contributed by atoms with van der Waals surface area (Å²) >= 11 is 0. The van der Waals surface area contributed by atoms with Crippen LogP contribution >= 0.6 is 0 Å². The number of rotatable bonds is 5. The van der Waals surface area contributed by atoms with E-state index in [1.165, 1.54) is 0 Å². The first-order valence-corrected chi connectivity index (χ1v) is 7.25. The highest BCUT2D eigenvalue weighted by molar-refractivity contribution is 5.78. The molecule has 0 unspecified atom stereocenters. The number of nitrogens with zero attached hydrogens (tertiary/aromatic N) is 1. The van der Waals surface area contributed by atoms with E-state index in [2.05, 4.69) is 16.3 Å². The van der Waals surface area contributed by atoms with Crippen LogP contribution in [-0.4, -0.2) is 22.7 Å². The maximum Gasteiger partial charge on any atom is 0.255 e. The summed E-state index contributed by atoms with van der Waals surface area (Å²) in [4.78, 5) is 11.0. The molecule has 5 nitrogen and oxygen atoms in total. The topological polar surface area (TPSA) is 81.0 Å². The van der Waals surface area contributed by atoms with Crippen LogP contribution in [-0.2, 0) is 4.79 Å². The predicted molar refractivity (Wildman–Crippen MR) is 88.9 cm³/mol. The maximum atomic E-state index is 11.0. The normalized spacial score (nSPS) is 10.5. The third kappa shape index (κ3) is 3.40. The number of H-pyrrole nitrogens is 1. The summed E-state index contributed by atoms with van der Waals surface area (Å²) in [5.41, 5.74) is 10.2. The van der Waals surface area contributed by atoms with Crippen LogP contribution in [0.1, 0.15) is 5.56 Å². The lowest BCUT2D eigenvalue weighted by atomic mass is 9.99. The smallest absolute Gasteiger partial charge is 0.255 e. The van der Waals surface area contributed by atoms with E-state index in [1.807, 2.05) is 49.4 Å². The van der Waals surface area contributed by atoms with Crippen molar-refractivity contribution < 1.29 is 9.53 Å². The molecular formula is C18H17N3O2. The monoisotopic (exact) mass is 307 g/mol. The summed E-state index contributed by atoms with van der Waals surface area (Å²) in [6, 6.07) is 15.8. The van der Waals surface area contributed by atoms with Gasteiger partial charge in [0.05, 0.1) is 5.69 Å². The minimum absolute atomic E-state index is 0.143. The Morgan fingerprint density at radius 3 is 2.74 bits per heavy atom. The van der Waals surface area contributed by atoms with Crippen molar-refractivity contribution in [1.29, 1.82) is 0 Å². The summed E-state index contributed by atoms with van der Waals surface area (Å²) in [6.45, 7) is 1.87. The highest BCUT2D eigenvalue weighted by atomic mass is 16.5. The van der Waals surface area contributed by atoms with Crippen LogP contribution in [0.4, 0.5) is 0 Å². The summed E-state index contributed by atoms with van der Waals surface area (Å²) in [7, 11) is 0. The molecule has 0 aliphatic rings. The molecule has 0 bridgehead atoms. The van der Waals surface area contributed by atoms with E-state index in [-0.39, 0.29) is 6.61 Å². The van der Waals surface area contributed by atoms with E-state index in [9.17, 15) is 4.79 Å². The van der Waals surface area contributed by atoms with E-state index >= 15 is 0 Å². The molecule has 0 saturated carbocycles. The van der Waals surface area contributed by atoms with Crippen LogP contribution in [0.5, 0.6) is 5.75 Å². The van der Waals surface area contributed by atoms with Gasteiger partial charge in [-0.15, -0.1) is 0 Å². The fourth-order valence-corrected chi connectivity index (χ4v) is 2.42. The lowest BCUT2D eigenvalue weighted by molar-refractivity contribution is -0.119. The first-order valence-electron chi connectivity index (χ1n) is 7.25. The zero-order valence-electron chi connectivity index (χ0n) is 12.7. The Balaban J connectivity index is 2.02. The second kappa shape index (κ2) is 6.36. The lowest BCUT2D eigenvalue weighted by Gasteiger charge is -2.12. The largest absolute Gasteiger partial charge is 0.483 e. The van der Waals surface area contributed by atoms with Crippen molar-refractivity contribution in [2.24, 2.45) is 5.73 Å². The molecule has 0 aliphatic carbocycles. The standard InChI is InChI=1S/C18H17N3O2/c1-12-5-6-17(23-11-18(19)22)15(9-12)13-3-2-4-14(10-13)16-7-8-20-21-16/h2-10H,11H2,1H3,(H2,19,22)(H,20,21). The van der Waals surface area contributed by atoms with Crippen molar-refractivity contribution in [1.82, 2.24) is 10.2 Å². The summed E-state index contributed by atoms with van der Waals surface area (Å²) in [6.07, 6.45) is 1.72. The molecule has 1 aromatic heterocycles. The van der Waals surface area contributed by atoms with E-state index in [0.29, 0.717) is 5.75 Å². The fourth-order valence-electron chi connectivity index (χ4n) is 2.42. The molecule has 5 heteroatoms. The minimum Gasteiger partial charge on any atom is -0.483 e. The van der Waals surface area contributed by atoms with Crippen molar-refractivity contribution >= 4 is 5.91 Å². The summed E-state index contributed by atoms with van der Waals surface area (Å²) in [5.74, 6) is 0.138. The molecule has 1 amide bonds. The Kier molecular flexibility index (Phi) is 4.10. The number of ether oxygens (including phenoxy) is 1. The van der Waals surface area contributed by atoms with E-state index in [0.717, 1.165) is 27.9 Å². The fraction of sp³-hybridized carbons (Fsp3) is 0.111. The first kappa shape index (κ1) is 14.8. The molecule has 0 aliphatic heterocycles. The molecule has 3 rings (SSSR count). The van der Waals surface area contributed by atoms with Gasteiger partial charge >= 0.3 is 0 Å². The Bertz CT molecular complexity index is 826. The molecule has 116 valence electrons. The number of aromatic amines is 1. The van der Waals surface area contributed by atoms with Crippen LogP contribution in [0.3, 0.4) is 0 Å². The van der Waals surface area contributed by atoms with Gasteiger partial charge in [-0.25, -0.2) is 0 Å². The number of carbonyl (C=O) groups is 1. The van der Waals surface area contributed by atoms with Gasteiger partial charge in [0.15, 0.2) is 6.61 Å². The molecular weight excluding hydrogens is 290 g/mol. The Morgan fingerprint density at radius 2 is 2.00 bits per heavy atom. The zero-order chi connectivity index (χ0) is 16.2. The molecule has 0 spiro atoms. The number of primary amides is 1. The van der Waals surface area contributed by atoms with Gasteiger partial charge in [0.25, 0.3) is 5.91 Å². The Morgan fingerprint density at radius 1 is 1.17 bits per heavy atom. The van der Waals surface area contributed by atoms with E-state index in [4.69, 9.17) is 10.5 Å². The van der Waals surface area contributed by atoms with Crippen LogP contribution in [0.25, 0.3) is 22.4 Å². The first-order chi connectivity index (χ1) is 11.1.